The Labute approximate surface area is 155 Å². The molecule has 0 spiro atoms. The number of ether oxygens (including phenoxy) is 1. The first-order valence-corrected chi connectivity index (χ1v) is 9.36. The van der Waals surface area contributed by atoms with Crippen LogP contribution in [0.1, 0.15) is 57.4 Å². The highest BCUT2D eigenvalue weighted by molar-refractivity contribution is 6.04. The molecule has 0 saturated heterocycles. The summed E-state index contributed by atoms with van der Waals surface area (Å²) in [5.41, 5.74) is 1.68. The maximum atomic E-state index is 12.7. The molecule has 142 valence electrons. The molecule has 2 unspecified atom stereocenters. The van der Waals surface area contributed by atoms with Gasteiger partial charge < -0.3 is 9.64 Å². The molecule has 1 aliphatic carbocycles. The highest BCUT2D eigenvalue weighted by atomic mass is 16.5. The number of benzene rings is 1. The summed E-state index contributed by atoms with van der Waals surface area (Å²) in [6, 6.07) is 7.44. The summed E-state index contributed by atoms with van der Waals surface area (Å²) in [6.07, 6.45) is 3.87. The van der Waals surface area contributed by atoms with Crippen molar-refractivity contribution in [1.29, 1.82) is 0 Å². The molecule has 26 heavy (non-hydrogen) atoms. The van der Waals surface area contributed by atoms with Gasteiger partial charge in [0.25, 0.3) is 0 Å². The molecule has 1 fully saturated rings. The number of ketones is 2. The van der Waals surface area contributed by atoms with Gasteiger partial charge in [-0.1, -0.05) is 19.1 Å². The Balaban J connectivity index is 2.32. The summed E-state index contributed by atoms with van der Waals surface area (Å²) in [5.74, 6) is -2.87. The second-order valence-electron chi connectivity index (χ2n) is 7.22. The highest BCUT2D eigenvalue weighted by Crippen LogP contribution is 2.32. The molecule has 5 nitrogen and oxygen atoms in total. The zero-order valence-electron chi connectivity index (χ0n) is 16.2. The summed E-state index contributed by atoms with van der Waals surface area (Å²) >= 11 is 0. The first-order valence-electron chi connectivity index (χ1n) is 9.36. The molecule has 0 aliphatic heterocycles. The molecule has 0 aromatic heterocycles. The summed E-state index contributed by atoms with van der Waals surface area (Å²) in [5, 5.41) is 0. The molecule has 0 N–H and O–H groups in total. The lowest BCUT2D eigenvalue weighted by molar-refractivity contribution is -0.158. The largest absolute Gasteiger partial charge is 0.462 e. The molecule has 1 aliphatic rings. The Morgan fingerprint density at radius 3 is 2.15 bits per heavy atom. The summed E-state index contributed by atoms with van der Waals surface area (Å²) in [4.78, 5) is 39.7. The van der Waals surface area contributed by atoms with Crippen LogP contribution in [0.4, 0.5) is 5.69 Å². The lowest BCUT2D eigenvalue weighted by Crippen LogP contribution is -2.36. The van der Waals surface area contributed by atoms with Crippen molar-refractivity contribution in [1.82, 2.24) is 0 Å². The van der Waals surface area contributed by atoms with Crippen LogP contribution in [-0.4, -0.2) is 37.7 Å². The van der Waals surface area contributed by atoms with Gasteiger partial charge in [-0.2, -0.15) is 0 Å². The molecule has 2 rings (SSSR count). The Morgan fingerprint density at radius 2 is 1.69 bits per heavy atom. The van der Waals surface area contributed by atoms with E-state index in [2.05, 4.69) is 0 Å². The van der Waals surface area contributed by atoms with Crippen LogP contribution in [0.5, 0.6) is 0 Å². The fourth-order valence-corrected chi connectivity index (χ4v) is 3.54. The third kappa shape index (κ3) is 4.71. The predicted octanol–water partition coefficient (Wildman–Crippen LogP) is 3.51. The van der Waals surface area contributed by atoms with Crippen molar-refractivity contribution in [2.75, 3.05) is 19.0 Å². The minimum absolute atomic E-state index is 0.119. The Morgan fingerprint density at radius 1 is 1.12 bits per heavy atom. The first kappa shape index (κ1) is 20.1. The second kappa shape index (κ2) is 8.97. The van der Waals surface area contributed by atoms with Crippen LogP contribution < -0.4 is 4.90 Å². The maximum absolute atomic E-state index is 12.7. The number of esters is 1. The lowest BCUT2D eigenvalue weighted by atomic mass is 9.79. The van der Waals surface area contributed by atoms with E-state index in [1.165, 1.54) is 6.92 Å². The van der Waals surface area contributed by atoms with Gasteiger partial charge in [0.2, 0.25) is 0 Å². The van der Waals surface area contributed by atoms with E-state index < -0.39 is 17.8 Å². The monoisotopic (exact) mass is 359 g/mol. The summed E-state index contributed by atoms with van der Waals surface area (Å²) in [7, 11) is 3.86. The van der Waals surface area contributed by atoms with Crippen LogP contribution in [0.3, 0.4) is 0 Å². The number of hydrogen-bond acceptors (Lipinski definition) is 5. The van der Waals surface area contributed by atoms with Crippen molar-refractivity contribution >= 4 is 23.2 Å². The van der Waals surface area contributed by atoms with E-state index in [-0.39, 0.29) is 24.1 Å². The minimum atomic E-state index is -1.08. The number of carbonyl (C=O) groups is 3. The van der Waals surface area contributed by atoms with Gasteiger partial charge in [-0.25, -0.2) is 0 Å². The molecular formula is C21H29NO4. The van der Waals surface area contributed by atoms with E-state index in [4.69, 9.17) is 4.74 Å². The number of anilines is 1. The molecule has 2 atom stereocenters. The molecule has 0 amide bonds. The molecule has 1 aromatic carbocycles. The maximum Gasteiger partial charge on any atom is 0.317 e. The normalized spacial score (nSPS) is 16.8. The molecule has 0 bridgehead atoms. The van der Waals surface area contributed by atoms with Crippen LogP contribution in [0.15, 0.2) is 24.3 Å². The van der Waals surface area contributed by atoms with Crippen molar-refractivity contribution in [3.05, 3.63) is 29.8 Å². The van der Waals surface area contributed by atoms with Gasteiger partial charge in [0.1, 0.15) is 23.6 Å². The van der Waals surface area contributed by atoms with Crippen molar-refractivity contribution in [2.24, 2.45) is 5.92 Å². The summed E-state index contributed by atoms with van der Waals surface area (Å²) in [6.45, 7) is 3.12. The quantitative estimate of drug-likeness (QED) is 0.525. The molecule has 5 heteroatoms. The number of hydrogen-bond donors (Lipinski definition) is 0. The number of Topliss-reactive ketones (excluding diaryl/α,β-unsaturated/α-hetero) is 2. The van der Waals surface area contributed by atoms with Gasteiger partial charge in [-0.05, 0) is 50.3 Å². The van der Waals surface area contributed by atoms with Crippen molar-refractivity contribution in [3.8, 4) is 0 Å². The van der Waals surface area contributed by atoms with Crippen LogP contribution in [0.25, 0.3) is 0 Å². The average molecular weight is 359 g/mol. The van der Waals surface area contributed by atoms with E-state index in [9.17, 15) is 14.4 Å². The van der Waals surface area contributed by atoms with Gasteiger partial charge in [-0.3, -0.25) is 14.4 Å². The van der Waals surface area contributed by atoms with Crippen molar-refractivity contribution < 1.29 is 19.1 Å². The van der Waals surface area contributed by atoms with Crippen LogP contribution in [0, 0.1) is 5.92 Å². The predicted molar refractivity (Wildman–Crippen MR) is 101 cm³/mol. The SMILES string of the molecule is CCC(=O)C(c1ccc(N(C)C)cc1)C(C(C)=O)C(=O)OC1CCCC1. The zero-order chi connectivity index (χ0) is 19.3. The van der Waals surface area contributed by atoms with Gasteiger partial charge >= 0.3 is 5.97 Å². The van der Waals surface area contributed by atoms with Crippen molar-refractivity contribution in [2.45, 2.75) is 58.0 Å². The van der Waals surface area contributed by atoms with Gasteiger partial charge in [0, 0.05) is 26.2 Å². The smallest absolute Gasteiger partial charge is 0.317 e. The van der Waals surface area contributed by atoms with Gasteiger partial charge in [0.15, 0.2) is 0 Å². The minimum Gasteiger partial charge on any atom is -0.462 e. The third-order valence-corrected chi connectivity index (χ3v) is 5.07. The Kier molecular flexibility index (Phi) is 6.95. The lowest BCUT2D eigenvalue weighted by Gasteiger charge is -2.25. The average Bonchev–Trinajstić information content (AvgIpc) is 3.11. The van der Waals surface area contributed by atoms with E-state index in [0.717, 1.165) is 31.4 Å². The van der Waals surface area contributed by atoms with E-state index >= 15 is 0 Å². The van der Waals surface area contributed by atoms with E-state index in [1.54, 1.807) is 6.92 Å². The van der Waals surface area contributed by atoms with Crippen LogP contribution in [-0.2, 0) is 19.1 Å². The molecule has 1 aromatic rings. The third-order valence-electron chi connectivity index (χ3n) is 5.07. The molecule has 1 saturated carbocycles. The first-order chi connectivity index (χ1) is 12.3. The van der Waals surface area contributed by atoms with E-state index in [1.807, 2.05) is 43.3 Å². The number of nitrogens with zero attached hydrogens (tertiary/aromatic N) is 1. The fraction of sp³-hybridized carbons (Fsp3) is 0.571. The Bertz CT molecular complexity index is 644. The van der Waals surface area contributed by atoms with E-state index in [0.29, 0.717) is 5.56 Å². The zero-order valence-corrected chi connectivity index (χ0v) is 16.2. The standard InChI is InChI=1S/C21H29NO4/c1-5-18(24)20(15-10-12-16(13-11-15)22(3)4)19(14(2)23)21(25)26-17-8-6-7-9-17/h10-13,17,19-20H,5-9H2,1-4H3. The number of carbonyl (C=O) groups excluding carboxylic acids is 3. The molecule has 0 radical (unpaired) electrons. The van der Waals surface area contributed by atoms with Crippen LogP contribution in [0.2, 0.25) is 0 Å². The number of rotatable bonds is 8. The highest BCUT2D eigenvalue weighted by Gasteiger charge is 2.39. The second-order valence-corrected chi connectivity index (χ2v) is 7.22. The fourth-order valence-electron chi connectivity index (χ4n) is 3.54. The van der Waals surface area contributed by atoms with Crippen molar-refractivity contribution in [3.63, 3.8) is 0 Å². The molecular weight excluding hydrogens is 330 g/mol. The molecule has 0 heterocycles. The topological polar surface area (TPSA) is 63.7 Å². The Hall–Kier alpha value is -2.17. The van der Waals surface area contributed by atoms with Gasteiger partial charge in [0.05, 0.1) is 5.92 Å². The van der Waals surface area contributed by atoms with Gasteiger partial charge in [-0.15, -0.1) is 0 Å². The van der Waals surface area contributed by atoms with Crippen LogP contribution >= 0.6 is 0 Å². The summed E-state index contributed by atoms with van der Waals surface area (Å²) < 4.78 is 5.57.